The van der Waals surface area contributed by atoms with Crippen LogP contribution >= 0.6 is 46.4 Å². The molecule has 0 fully saturated rings. The average molecular weight is 366 g/mol. The van der Waals surface area contributed by atoms with Gasteiger partial charge in [0, 0.05) is 16.5 Å². The normalized spacial score (nSPS) is 11.7. The van der Waals surface area contributed by atoms with Gasteiger partial charge in [-0.15, -0.1) is 0 Å². The first-order valence-corrected chi connectivity index (χ1v) is 7.54. The Morgan fingerprint density at radius 1 is 0.810 bits per heavy atom. The second-order valence-corrected chi connectivity index (χ2v) is 6.63. The van der Waals surface area contributed by atoms with E-state index in [4.69, 9.17) is 46.4 Å². The Balaban J connectivity index is 2.80. The van der Waals surface area contributed by atoms with Crippen LogP contribution in [0.2, 0.25) is 20.1 Å². The summed E-state index contributed by atoms with van der Waals surface area (Å²) >= 11 is 24.3. The molecule has 0 atom stereocenters. The monoisotopic (exact) mass is 364 g/mol. The van der Waals surface area contributed by atoms with Crippen molar-refractivity contribution in [2.24, 2.45) is 0 Å². The smallest absolute Gasteiger partial charge is 0.141 e. The minimum atomic E-state index is -0.829. The number of aromatic hydroxyl groups is 2. The first-order valence-electron chi connectivity index (χ1n) is 6.03. The SMILES string of the molecule is CC(C)(c1ccccc1O)c1c(O)c(Cl)c(Cl)c(Cl)c1Cl. The Labute approximate surface area is 142 Å². The maximum absolute atomic E-state index is 10.3. The second kappa shape index (κ2) is 5.77. The van der Waals surface area contributed by atoms with E-state index < -0.39 is 5.41 Å². The van der Waals surface area contributed by atoms with Gasteiger partial charge >= 0.3 is 0 Å². The van der Waals surface area contributed by atoms with Crippen molar-refractivity contribution in [2.45, 2.75) is 19.3 Å². The van der Waals surface area contributed by atoms with Crippen LogP contribution in [0.4, 0.5) is 0 Å². The number of rotatable bonds is 2. The van der Waals surface area contributed by atoms with Crippen LogP contribution in [0.15, 0.2) is 24.3 Å². The zero-order chi connectivity index (χ0) is 15.9. The van der Waals surface area contributed by atoms with E-state index in [0.29, 0.717) is 11.1 Å². The van der Waals surface area contributed by atoms with E-state index in [9.17, 15) is 10.2 Å². The number of hydrogen-bond donors (Lipinski definition) is 2. The number of phenolic OH excluding ortho intramolecular Hbond substituents is 2. The zero-order valence-corrected chi connectivity index (χ0v) is 14.2. The molecule has 21 heavy (non-hydrogen) atoms. The van der Waals surface area contributed by atoms with Crippen molar-refractivity contribution < 1.29 is 10.2 Å². The quantitative estimate of drug-likeness (QED) is 0.503. The number of benzene rings is 2. The van der Waals surface area contributed by atoms with E-state index in [1.807, 2.05) is 0 Å². The highest BCUT2D eigenvalue weighted by molar-refractivity contribution is 6.52. The first-order chi connectivity index (χ1) is 9.69. The molecule has 0 aliphatic carbocycles. The third-order valence-corrected chi connectivity index (χ3v) is 5.24. The summed E-state index contributed by atoms with van der Waals surface area (Å²) in [5, 5.41) is 20.5. The highest BCUT2D eigenvalue weighted by Crippen LogP contribution is 2.51. The van der Waals surface area contributed by atoms with E-state index in [0.717, 1.165) is 0 Å². The molecule has 6 heteroatoms. The van der Waals surface area contributed by atoms with Crippen LogP contribution in [0.1, 0.15) is 25.0 Å². The molecule has 2 aromatic rings. The molecule has 112 valence electrons. The number of phenols is 2. The van der Waals surface area contributed by atoms with Gasteiger partial charge < -0.3 is 10.2 Å². The Hall–Kier alpha value is -0.800. The molecule has 2 N–H and O–H groups in total. The van der Waals surface area contributed by atoms with Gasteiger partial charge in [0.1, 0.15) is 16.5 Å². The van der Waals surface area contributed by atoms with Gasteiger partial charge in [0.05, 0.1) is 15.1 Å². The highest BCUT2D eigenvalue weighted by Gasteiger charge is 2.34. The fourth-order valence-electron chi connectivity index (χ4n) is 2.33. The van der Waals surface area contributed by atoms with Gasteiger partial charge in [0.2, 0.25) is 0 Å². The fraction of sp³-hybridized carbons (Fsp3) is 0.200. The lowest BCUT2D eigenvalue weighted by Crippen LogP contribution is -2.20. The molecule has 0 unspecified atom stereocenters. The highest BCUT2D eigenvalue weighted by atomic mass is 35.5. The average Bonchev–Trinajstić information content (AvgIpc) is 2.43. The Morgan fingerprint density at radius 2 is 1.33 bits per heavy atom. The third kappa shape index (κ3) is 2.66. The zero-order valence-electron chi connectivity index (χ0n) is 11.2. The van der Waals surface area contributed by atoms with Crippen molar-refractivity contribution in [3.05, 3.63) is 55.5 Å². The summed E-state index contributed by atoms with van der Waals surface area (Å²) in [4.78, 5) is 0. The summed E-state index contributed by atoms with van der Waals surface area (Å²) in [6, 6.07) is 6.78. The molecule has 0 aliphatic rings. The van der Waals surface area contributed by atoms with E-state index in [1.165, 1.54) is 0 Å². The Bertz CT molecular complexity index is 682. The van der Waals surface area contributed by atoms with Crippen LogP contribution in [0.25, 0.3) is 0 Å². The second-order valence-electron chi connectivity index (χ2n) is 5.12. The van der Waals surface area contributed by atoms with E-state index >= 15 is 0 Å². The fourth-order valence-corrected chi connectivity index (χ4v) is 3.41. The Morgan fingerprint density at radius 3 is 1.90 bits per heavy atom. The molecule has 2 rings (SSSR count). The first kappa shape index (κ1) is 16.6. The summed E-state index contributed by atoms with van der Waals surface area (Å²) in [5.74, 6) is -0.163. The molecule has 0 spiro atoms. The molecular weight excluding hydrogens is 354 g/mol. The van der Waals surface area contributed by atoms with Crippen LogP contribution in [-0.2, 0) is 5.41 Å². The molecule has 0 aromatic heterocycles. The van der Waals surface area contributed by atoms with Crippen LogP contribution < -0.4 is 0 Å². The van der Waals surface area contributed by atoms with E-state index in [-0.39, 0.29) is 31.6 Å². The Kier molecular flexibility index (Phi) is 4.55. The van der Waals surface area contributed by atoms with Gasteiger partial charge in [-0.3, -0.25) is 0 Å². The van der Waals surface area contributed by atoms with Crippen molar-refractivity contribution in [1.29, 1.82) is 0 Å². The lowest BCUT2D eigenvalue weighted by atomic mass is 9.77. The molecule has 0 radical (unpaired) electrons. The lowest BCUT2D eigenvalue weighted by Gasteiger charge is -2.29. The van der Waals surface area contributed by atoms with E-state index in [1.54, 1.807) is 38.1 Å². The van der Waals surface area contributed by atoms with Gasteiger partial charge in [-0.05, 0) is 6.07 Å². The van der Waals surface area contributed by atoms with Crippen molar-refractivity contribution in [2.75, 3.05) is 0 Å². The summed E-state index contributed by atoms with van der Waals surface area (Å²) in [7, 11) is 0. The van der Waals surface area contributed by atoms with Crippen LogP contribution in [0.3, 0.4) is 0 Å². The van der Waals surface area contributed by atoms with Crippen LogP contribution in [0, 0.1) is 0 Å². The maximum atomic E-state index is 10.3. The molecule has 0 aliphatic heterocycles. The minimum absolute atomic E-state index is 0.00216. The standard InChI is InChI=1S/C15H12Cl4O2/c1-15(2,7-5-3-4-6-8(7)20)9-10(16)11(17)12(18)13(19)14(9)21/h3-6,20-21H,1-2H3. The number of para-hydroxylation sites is 1. The summed E-state index contributed by atoms with van der Waals surface area (Å²) in [5.41, 5.74) is 0.0615. The molecule has 2 aromatic carbocycles. The van der Waals surface area contributed by atoms with Gasteiger partial charge in [0.15, 0.2) is 0 Å². The largest absolute Gasteiger partial charge is 0.508 e. The summed E-state index contributed by atoms with van der Waals surface area (Å²) in [6.07, 6.45) is 0. The molecule has 0 heterocycles. The topological polar surface area (TPSA) is 40.5 Å². The predicted molar refractivity (Wildman–Crippen MR) is 88.4 cm³/mol. The number of hydrogen-bond acceptors (Lipinski definition) is 2. The molecular formula is C15H12Cl4O2. The molecule has 0 amide bonds. The van der Waals surface area contributed by atoms with E-state index in [2.05, 4.69) is 0 Å². The van der Waals surface area contributed by atoms with Crippen molar-refractivity contribution >= 4 is 46.4 Å². The maximum Gasteiger partial charge on any atom is 0.141 e. The van der Waals surface area contributed by atoms with Crippen molar-refractivity contribution in [3.63, 3.8) is 0 Å². The van der Waals surface area contributed by atoms with Crippen LogP contribution in [0.5, 0.6) is 11.5 Å². The molecule has 2 nitrogen and oxygen atoms in total. The minimum Gasteiger partial charge on any atom is -0.508 e. The van der Waals surface area contributed by atoms with Crippen molar-refractivity contribution in [1.82, 2.24) is 0 Å². The lowest BCUT2D eigenvalue weighted by molar-refractivity contribution is 0.436. The van der Waals surface area contributed by atoms with Gasteiger partial charge in [-0.1, -0.05) is 78.5 Å². The van der Waals surface area contributed by atoms with Gasteiger partial charge in [-0.2, -0.15) is 0 Å². The van der Waals surface area contributed by atoms with Gasteiger partial charge in [-0.25, -0.2) is 0 Å². The molecule has 0 bridgehead atoms. The molecule has 0 saturated carbocycles. The van der Waals surface area contributed by atoms with Gasteiger partial charge in [0.25, 0.3) is 0 Å². The summed E-state index contributed by atoms with van der Waals surface area (Å²) in [6.45, 7) is 3.59. The molecule has 0 saturated heterocycles. The van der Waals surface area contributed by atoms with Crippen molar-refractivity contribution in [3.8, 4) is 11.5 Å². The predicted octanol–water partition coefficient (Wildman–Crippen LogP) is 6.04. The third-order valence-electron chi connectivity index (χ3n) is 3.44. The van der Waals surface area contributed by atoms with Crippen LogP contribution in [-0.4, -0.2) is 10.2 Å². The number of halogens is 4. The summed E-state index contributed by atoms with van der Waals surface area (Å²) < 4.78 is 0.